The van der Waals surface area contributed by atoms with E-state index in [9.17, 15) is 9.90 Å². The number of rotatable bonds is 5. The van der Waals surface area contributed by atoms with Gasteiger partial charge in [-0.2, -0.15) is 0 Å². The number of phenolic OH excluding ortho intramolecular Hbond substituents is 1. The summed E-state index contributed by atoms with van der Waals surface area (Å²) in [4.78, 5) is 20.5. The molecule has 164 valence electrons. The van der Waals surface area contributed by atoms with Gasteiger partial charge >= 0.3 is 0 Å². The lowest BCUT2D eigenvalue weighted by atomic mass is 10.2. The van der Waals surface area contributed by atoms with Crippen molar-refractivity contribution in [1.29, 1.82) is 0 Å². The highest BCUT2D eigenvalue weighted by atomic mass is 35.5. The molecule has 1 N–H and O–H groups in total. The van der Waals surface area contributed by atoms with Gasteiger partial charge in [0, 0.05) is 10.1 Å². The Balaban J connectivity index is 1.62. The number of anilines is 1. The van der Waals surface area contributed by atoms with Crippen LogP contribution in [-0.2, 0) is 4.79 Å². The van der Waals surface area contributed by atoms with Crippen LogP contribution < -0.4 is 9.64 Å². The number of phenols is 1. The summed E-state index contributed by atoms with van der Waals surface area (Å²) in [5.41, 5.74) is 1.73. The molecule has 0 radical (unpaired) electrons. The Labute approximate surface area is 199 Å². The van der Waals surface area contributed by atoms with Crippen molar-refractivity contribution >= 4 is 56.5 Å². The standard InChI is InChI=1S/C26H19ClN2O3S/c1-2-32-19-13-7-16(8-14-19)15-21-26(31)29(17-9-11-18(30)12-10-17)25(28-21)24-23(27)20-5-3-4-6-22(20)33-24/h3-15,30H,2H2,1H3/b21-15+. The maximum atomic E-state index is 13.5. The van der Waals surface area contributed by atoms with E-state index in [4.69, 9.17) is 21.3 Å². The third-order valence-corrected chi connectivity index (χ3v) is 6.87. The summed E-state index contributed by atoms with van der Waals surface area (Å²) < 4.78 is 6.51. The number of nitrogens with zero attached hydrogens (tertiary/aromatic N) is 2. The molecular formula is C26H19ClN2O3S. The van der Waals surface area contributed by atoms with E-state index in [1.807, 2.05) is 55.5 Å². The number of hydrogen-bond donors (Lipinski definition) is 1. The highest BCUT2D eigenvalue weighted by molar-refractivity contribution is 7.21. The van der Waals surface area contributed by atoms with Crippen LogP contribution in [0, 0.1) is 0 Å². The minimum Gasteiger partial charge on any atom is -0.508 e. The second kappa shape index (κ2) is 8.73. The van der Waals surface area contributed by atoms with Gasteiger partial charge in [0.05, 0.1) is 22.2 Å². The van der Waals surface area contributed by atoms with E-state index >= 15 is 0 Å². The highest BCUT2D eigenvalue weighted by Crippen LogP contribution is 2.39. The molecule has 1 aliphatic heterocycles. The van der Waals surface area contributed by atoms with Gasteiger partial charge in [-0.3, -0.25) is 9.69 Å². The van der Waals surface area contributed by atoms with E-state index in [2.05, 4.69) is 0 Å². The summed E-state index contributed by atoms with van der Waals surface area (Å²) in [5, 5.41) is 11.2. The maximum Gasteiger partial charge on any atom is 0.282 e. The second-order valence-electron chi connectivity index (χ2n) is 7.37. The van der Waals surface area contributed by atoms with Crippen LogP contribution in [0.15, 0.2) is 83.5 Å². The molecule has 4 aromatic rings. The predicted molar refractivity (Wildman–Crippen MR) is 135 cm³/mol. The van der Waals surface area contributed by atoms with Gasteiger partial charge < -0.3 is 9.84 Å². The average Bonchev–Trinajstić information content (AvgIpc) is 3.33. The van der Waals surface area contributed by atoms with E-state index in [1.54, 1.807) is 30.3 Å². The number of halogens is 1. The summed E-state index contributed by atoms with van der Waals surface area (Å²) >= 11 is 8.23. The smallest absolute Gasteiger partial charge is 0.282 e. The average molecular weight is 475 g/mol. The van der Waals surface area contributed by atoms with Crippen molar-refractivity contribution < 1.29 is 14.6 Å². The molecule has 33 heavy (non-hydrogen) atoms. The lowest BCUT2D eigenvalue weighted by molar-refractivity contribution is -0.113. The summed E-state index contributed by atoms with van der Waals surface area (Å²) in [6, 6.07) is 21.8. The first-order valence-electron chi connectivity index (χ1n) is 10.4. The van der Waals surface area contributed by atoms with E-state index in [0.717, 1.165) is 26.3 Å². The fraction of sp³-hybridized carbons (Fsp3) is 0.0769. The predicted octanol–water partition coefficient (Wildman–Crippen LogP) is 6.49. The van der Waals surface area contributed by atoms with Crippen LogP contribution in [0.3, 0.4) is 0 Å². The zero-order chi connectivity index (χ0) is 22.9. The molecule has 0 unspecified atom stereocenters. The molecule has 0 spiro atoms. The van der Waals surface area contributed by atoms with Crippen LogP contribution in [0.1, 0.15) is 17.4 Å². The fourth-order valence-corrected chi connectivity index (χ4v) is 5.15. The Morgan fingerprint density at radius 3 is 2.48 bits per heavy atom. The van der Waals surface area contributed by atoms with Crippen molar-refractivity contribution in [2.24, 2.45) is 4.99 Å². The Morgan fingerprint density at radius 2 is 1.79 bits per heavy atom. The zero-order valence-corrected chi connectivity index (χ0v) is 19.2. The number of thiophene rings is 1. The van der Waals surface area contributed by atoms with Gasteiger partial charge in [0.15, 0.2) is 5.84 Å². The molecule has 2 heterocycles. The SMILES string of the molecule is CCOc1ccc(/C=C2/N=C(c3sc4ccccc4c3Cl)N(c3ccc(O)cc3)C2=O)cc1. The number of ether oxygens (including phenoxy) is 1. The largest absolute Gasteiger partial charge is 0.508 e. The van der Waals surface area contributed by atoms with Crippen molar-refractivity contribution in [2.45, 2.75) is 6.92 Å². The van der Waals surface area contributed by atoms with Gasteiger partial charge in [0.2, 0.25) is 0 Å². The lowest BCUT2D eigenvalue weighted by Crippen LogP contribution is -2.32. The van der Waals surface area contributed by atoms with E-state index in [-0.39, 0.29) is 11.7 Å². The number of aliphatic imine (C=N–C) groups is 1. The fourth-order valence-electron chi connectivity index (χ4n) is 3.65. The number of carbonyl (C=O) groups excluding carboxylic acids is 1. The Morgan fingerprint density at radius 1 is 1.06 bits per heavy atom. The van der Waals surface area contributed by atoms with Crippen LogP contribution in [0.2, 0.25) is 5.02 Å². The summed E-state index contributed by atoms with van der Waals surface area (Å²) in [7, 11) is 0. The molecule has 0 bridgehead atoms. The molecule has 1 aromatic heterocycles. The molecule has 1 amide bonds. The monoisotopic (exact) mass is 474 g/mol. The number of hydrogen-bond acceptors (Lipinski definition) is 5. The molecule has 7 heteroatoms. The van der Waals surface area contributed by atoms with Gasteiger partial charge in [-0.25, -0.2) is 4.99 Å². The van der Waals surface area contributed by atoms with E-state index < -0.39 is 0 Å². The second-order valence-corrected chi connectivity index (χ2v) is 8.80. The first kappa shape index (κ1) is 21.2. The number of aromatic hydroxyl groups is 1. The van der Waals surface area contributed by atoms with Gasteiger partial charge in [-0.15, -0.1) is 11.3 Å². The van der Waals surface area contributed by atoms with Gasteiger partial charge in [0.25, 0.3) is 5.91 Å². The highest BCUT2D eigenvalue weighted by Gasteiger charge is 2.35. The van der Waals surface area contributed by atoms with Gasteiger partial charge in [-0.1, -0.05) is 41.9 Å². The van der Waals surface area contributed by atoms with Crippen LogP contribution in [0.5, 0.6) is 11.5 Å². The van der Waals surface area contributed by atoms with Crippen molar-refractivity contribution in [3.8, 4) is 11.5 Å². The number of amides is 1. The van der Waals surface area contributed by atoms with E-state index in [1.165, 1.54) is 16.2 Å². The molecule has 1 aliphatic rings. The van der Waals surface area contributed by atoms with Crippen LogP contribution in [-0.4, -0.2) is 23.5 Å². The number of amidine groups is 1. The van der Waals surface area contributed by atoms with Crippen molar-refractivity contribution in [3.05, 3.63) is 94.0 Å². The minimum absolute atomic E-state index is 0.119. The maximum absolute atomic E-state index is 13.5. The van der Waals surface area contributed by atoms with Gasteiger partial charge in [0.1, 0.15) is 17.2 Å². The Bertz CT molecular complexity index is 1410. The first-order valence-corrected chi connectivity index (χ1v) is 11.6. The van der Waals surface area contributed by atoms with Gasteiger partial charge in [-0.05, 0) is 61.0 Å². The van der Waals surface area contributed by atoms with E-state index in [0.29, 0.717) is 28.8 Å². The summed E-state index contributed by atoms with van der Waals surface area (Å²) in [6.07, 6.45) is 1.75. The molecule has 0 saturated carbocycles. The van der Waals surface area contributed by atoms with Crippen LogP contribution in [0.25, 0.3) is 16.2 Å². The first-order chi connectivity index (χ1) is 16.0. The molecule has 0 fully saturated rings. The number of carbonyl (C=O) groups is 1. The van der Waals surface area contributed by atoms with Crippen LogP contribution >= 0.6 is 22.9 Å². The molecule has 0 atom stereocenters. The molecule has 0 saturated heterocycles. The molecule has 3 aromatic carbocycles. The Kier molecular flexibility index (Phi) is 5.62. The Hall–Kier alpha value is -3.61. The zero-order valence-electron chi connectivity index (χ0n) is 17.7. The lowest BCUT2D eigenvalue weighted by Gasteiger charge is -2.18. The minimum atomic E-state index is -0.266. The topological polar surface area (TPSA) is 62.1 Å². The van der Waals surface area contributed by atoms with Crippen molar-refractivity contribution in [1.82, 2.24) is 0 Å². The summed E-state index contributed by atoms with van der Waals surface area (Å²) in [5.74, 6) is 1.09. The molecular weight excluding hydrogens is 456 g/mol. The number of fused-ring (bicyclic) bond motifs is 1. The van der Waals surface area contributed by atoms with Crippen LogP contribution in [0.4, 0.5) is 5.69 Å². The molecule has 5 rings (SSSR count). The molecule has 5 nitrogen and oxygen atoms in total. The third kappa shape index (κ3) is 3.99. The number of benzene rings is 3. The normalized spacial score (nSPS) is 14.8. The van der Waals surface area contributed by atoms with Crippen molar-refractivity contribution in [3.63, 3.8) is 0 Å². The third-order valence-electron chi connectivity index (χ3n) is 5.20. The van der Waals surface area contributed by atoms with Crippen molar-refractivity contribution in [2.75, 3.05) is 11.5 Å². The molecule has 0 aliphatic carbocycles. The summed E-state index contributed by atoms with van der Waals surface area (Å²) in [6.45, 7) is 2.52. The quantitative estimate of drug-likeness (QED) is 0.336.